The fraction of sp³-hybridized carbons (Fsp3) is 0.625. The zero-order valence-corrected chi connectivity index (χ0v) is 10.6. The third-order valence-electron chi connectivity index (χ3n) is 5.70. The predicted molar refractivity (Wildman–Crippen MR) is 69.4 cm³/mol. The third-order valence-corrected chi connectivity index (χ3v) is 5.70. The molecule has 0 saturated heterocycles. The lowest BCUT2D eigenvalue weighted by Gasteiger charge is -2.16. The van der Waals surface area contributed by atoms with Gasteiger partial charge in [-0.15, -0.1) is 0 Å². The lowest BCUT2D eigenvalue weighted by Crippen LogP contribution is -2.29. The normalized spacial score (nSPS) is 41.8. The highest BCUT2D eigenvalue weighted by Crippen LogP contribution is 2.70. The molecule has 4 rings (SSSR count). The molecule has 2 N–H and O–H groups in total. The Morgan fingerprint density at radius 1 is 1.17 bits per heavy atom. The SMILES string of the molecule is NC(Cc1ccccc1F)C1C2C3CCC(C3)C12. The maximum absolute atomic E-state index is 13.6. The summed E-state index contributed by atoms with van der Waals surface area (Å²) in [6, 6.07) is 7.24. The Bertz CT molecular complexity index is 456. The van der Waals surface area contributed by atoms with E-state index in [4.69, 9.17) is 5.73 Å². The quantitative estimate of drug-likeness (QED) is 0.870. The second-order valence-electron chi connectivity index (χ2n) is 6.52. The first kappa shape index (κ1) is 11.0. The molecule has 0 amide bonds. The summed E-state index contributed by atoms with van der Waals surface area (Å²) in [5.74, 6) is 4.29. The number of hydrogen-bond acceptors (Lipinski definition) is 1. The molecular formula is C16H20FN. The molecule has 2 heteroatoms. The minimum absolute atomic E-state index is 0.0956. The van der Waals surface area contributed by atoms with Gasteiger partial charge in [-0.1, -0.05) is 18.2 Å². The van der Waals surface area contributed by atoms with Gasteiger partial charge < -0.3 is 5.73 Å². The minimum atomic E-state index is -0.0956. The Kier molecular flexibility index (Phi) is 2.32. The molecule has 1 aromatic rings. The molecule has 3 aliphatic carbocycles. The molecule has 3 aliphatic rings. The Balaban J connectivity index is 1.47. The first-order valence-corrected chi connectivity index (χ1v) is 7.24. The monoisotopic (exact) mass is 245 g/mol. The average Bonchev–Trinajstić information content (AvgIpc) is 2.82. The number of benzene rings is 1. The molecule has 0 heterocycles. The van der Waals surface area contributed by atoms with Crippen molar-refractivity contribution < 1.29 is 4.39 Å². The van der Waals surface area contributed by atoms with Gasteiger partial charge in [-0.2, -0.15) is 0 Å². The van der Waals surface area contributed by atoms with E-state index in [0.29, 0.717) is 12.3 Å². The molecule has 1 aromatic carbocycles. The van der Waals surface area contributed by atoms with Gasteiger partial charge in [-0.05, 0) is 66.9 Å². The zero-order chi connectivity index (χ0) is 12.3. The van der Waals surface area contributed by atoms with Crippen molar-refractivity contribution in [2.24, 2.45) is 35.3 Å². The highest BCUT2D eigenvalue weighted by atomic mass is 19.1. The number of halogens is 1. The molecule has 18 heavy (non-hydrogen) atoms. The fourth-order valence-corrected chi connectivity index (χ4v) is 5.02. The molecule has 0 aliphatic heterocycles. The van der Waals surface area contributed by atoms with Crippen LogP contribution < -0.4 is 5.73 Å². The van der Waals surface area contributed by atoms with E-state index in [-0.39, 0.29) is 11.9 Å². The number of hydrogen-bond donors (Lipinski definition) is 1. The molecule has 3 saturated carbocycles. The van der Waals surface area contributed by atoms with Crippen LogP contribution in [-0.4, -0.2) is 6.04 Å². The maximum atomic E-state index is 13.6. The molecule has 0 aromatic heterocycles. The first-order chi connectivity index (χ1) is 8.75. The van der Waals surface area contributed by atoms with Crippen LogP contribution in [0.2, 0.25) is 0 Å². The smallest absolute Gasteiger partial charge is 0.126 e. The summed E-state index contributed by atoms with van der Waals surface area (Å²) < 4.78 is 13.6. The van der Waals surface area contributed by atoms with Gasteiger partial charge in [0.15, 0.2) is 0 Å². The second-order valence-corrected chi connectivity index (χ2v) is 6.52. The fourth-order valence-electron chi connectivity index (χ4n) is 5.02. The van der Waals surface area contributed by atoms with Gasteiger partial charge in [0.25, 0.3) is 0 Å². The van der Waals surface area contributed by atoms with Gasteiger partial charge in [0.05, 0.1) is 0 Å². The number of rotatable bonds is 3. The van der Waals surface area contributed by atoms with Crippen molar-refractivity contribution in [1.82, 2.24) is 0 Å². The van der Waals surface area contributed by atoms with Crippen LogP contribution >= 0.6 is 0 Å². The van der Waals surface area contributed by atoms with Crippen LogP contribution in [0.5, 0.6) is 0 Å². The zero-order valence-electron chi connectivity index (χ0n) is 10.6. The minimum Gasteiger partial charge on any atom is -0.327 e. The lowest BCUT2D eigenvalue weighted by molar-refractivity contribution is 0.407. The van der Waals surface area contributed by atoms with Crippen molar-refractivity contribution in [2.75, 3.05) is 0 Å². The Morgan fingerprint density at radius 3 is 2.50 bits per heavy atom. The molecule has 96 valence electrons. The summed E-state index contributed by atoms with van der Waals surface area (Å²) >= 11 is 0. The summed E-state index contributed by atoms with van der Waals surface area (Å²) in [4.78, 5) is 0. The van der Waals surface area contributed by atoms with Crippen LogP contribution in [0.1, 0.15) is 24.8 Å². The molecule has 5 unspecified atom stereocenters. The van der Waals surface area contributed by atoms with Crippen molar-refractivity contribution in [3.8, 4) is 0 Å². The third kappa shape index (κ3) is 1.48. The van der Waals surface area contributed by atoms with Crippen LogP contribution in [0.3, 0.4) is 0 Å². The molecule has 1 nitrogen and oxygen atoms in total. The first-order valence-electron chi connectivity index (χ1n) is 7.24. The number of nitrogens with two attached hydrogens (primary N) is 1. The molecule has 0 spiro atoms. The van der Waals surface area contributed by atoms with Crippen molar-refractivity contribution >= 4 is 0 Å². The van der Waals surface area contributed by atoms with Crippen molar-refractivity contribution in [1.29, 1.82) is 0 Å². The van der Waals surface area contributed by atoms with Gasteiger partial charge in [0.1, 0.15) is 5.82 Å². The van der Waals surface area contributed by atoms with Gasteiger partial charge >= 0.3 is 0 Å². The molecule has 0 radical (unpaired) electrons. The molecule has 2 bridgehead atoms. The highest BCUT2D eigenvalue weighted by molar-refractivity contribution is 5.22. The molecule has 5 atom stereocenters. The summed E-state index contributed by atoms with van der Waals surface area (Å²) in [5, 5.41) is 0. The van der Waals surface area contributed by atoms with Crippen LogP contribution in [0.25, 0.3) is 0 Å². The van der Waals surface area contributed by atoms with E-state index < -0.39 is 0 Å². The number of fused-ring (bicyclic) bond motifs is 5. The molecule has 3 fully saturated rings. The Labute approximate surface area is 108 Å². The van der Waals surface area contributed by atoms with Crippen LogP contribution in [-0.2, 0) is 6.42 Å². The van der Waals surface area contributed by atoms with E-state index in [9.17, 15) is 4.39 Å². The van der Waals surface area contributed by atoms with Gasteiger partial charge in [-0.25, -0.2) is 4.39 Å². The van der Waals surface area contributed by atoms with E-state index in [2.05, 4.69) is 0 Å². The van der Waals surface area contributed by atoms with Gasteiger partial charge in [-0.3, -0.25) is 0 Å². The standard InChI is InChI=1S/C16H20FN/c17-12-4-2-1-3-9(12)8-13(18)16-14-10-5-6-11(7-10)15(14)16/h1-4,10-11,13-16H,5-8,18H2. The summed E-state index contributed by atoms with van der Waals surface area (Å²) in [6.45, 7) is 0. The maximum Gasteiger partial charge on any atom is 0.126 e. The summed E-state index contributed by atoms with van der Waals surface area (Å²) in [6.07, 6.45) is 5.02. The Hall–Kier alpha value is -0.890. The van der Waals surface area contributed by atoms with Gasteiger partial charge in [0.2, 0.25) is 0 Å². The van der Waals surface area contributed by atoms with E-state index >= 15 is 0 Å². The van der Waals surface area contributed by atoms with Crippen molar-refractivity contribution in [3.05, 3.63) is 35.6 Å². The summed E-state index contributed by atoms with van der Waals surface area (Å²) in [7, 11) is 0. The second kappa shape index (κ2) is 3.80. The largest absolute Gasteiger partial charge is 0.327 e. The van der Waals surface area contributed by atoms with E-state index in [0.717, 1.165) is 29.2 Å². The lowest BCUT2D eigenvalue weighted by atomic mass is 9.94. The Morgan fingerprint density at radius 2 is 1.83 bits per heavy atom. The van der Waals surface area contributed by atoms with Crippen LogP contribution in [0.4, 0.5) is 4.39 Å². The average molecular weight is 245 g/mol. The van der Waals surface area contributed by atoms with Crippen molar-refractivity contribution in [3.63, 3.8) is 0 Å². The van der Waals surface area contributed by atoms with Crippen LogP contribution in [0, 0.1) is 35.4 Å². The van der Waals surface area contributed by atoms with E-state index in [1.54, 1.807) is 12.1 Å². The predicted octanol–water partition coefficient (Wildman–Crippen LogP) is 2.99. The highest BCUT2D eigenvalue weighted by Gasteiger charge is 2.65. The van der Waals surface area contributed by atoms with Crippen LogP contribution in [0.15, 0.2) is 24.3 Å². The van der Waals surface area contributed by atoms with E-state index in [1.165, 1.54) is 19.3 Å². The topological polar surface area (TPSA) is 26.0 Å². The summed E-state index contributed by atoms with van der Waals surface area (Å²) in [5.41, 5.74) is 7.15. The van der Waals surface area contributed by atoms with Crippen molar-refractivity contribution in [2.45, 2.75) is 31.7 Å². The van der Waals surface area contributed by atoms with Gasteiger partial charge in [0, 0.05) is 6.04 Å². The van der Waals surface area contributed by atoms with E-state index in [1.807, 2.05) is 12.1 Å². The molecular weight excluding hydrogens is 225 g/mol.